The number of carbonyl (C=O) groups excluding carboxylic acids is 1. The van der Waals surface area contributed by atoms with Crippen molar-refractivity contribution >= 4 is 5.91 Å². The van der Waals surface area contributed by atoms with E-state index in [0.717, 1.165) is 24.3 Å². The van der Waals surface area contributed by atoms with Crippen molar-refractivity contribution in [1.82, 2.24) is 10.6 Å². The van der Waals surface area contributed by atoms with Gasteiger partial charge >= 0.3 is 0 Å². The number of rotatable bonds is 2. The van der Waals surface area contributed by atoms with E-state index in [-0.39, 0.29) is 18.0 Å². The minimum Gasteiger partial charge on any atom is -0.491 e. The fraction of sp³-hybridized carbons (Fsp3) is 0.278. The molecule has 0 aromatic heterocycles. The Morgan fingerprint density at radius 3 is 2.77 bits per heavy atom. The average molecular weight is 294 g/mol. The molecule has 2 atom stereocenters. The van der Waals surface area contributed by atoms with E-state index in [9.17, 15) is 4.79 Å². The summed E-state index contributed by atoms with van der Waals surface area (Å²) in [6.07, 6.45) is 0.733. The molecule has 0 spiro atoms. The lowest BCUT2D eigenvalue weighted by molar-refractivity contribution is -0.124. The standard InChI is InChI=1S/C18H18N2O2/c21-18(15-9-12-5-1-2-6-13(12)10-19-15)20-16-11-22-17-8-4-3-7-14(16)17/h1-8,15-16,19H,9-11H2,(H,20,21). The summed E-state index contributed by atoms with van der Waals surface area (Å²) < 4.78 is 5.62. The van der Waals surface area contributed by atoms with E-state index in [1.165, 1.54) is 11.1 Å². The van der Waals surface area contributed by atoms with E-state index in [2.05, 4.69) is 22.8 Å². The van der Waals surface area contributed by atoms with Crippen LogP contribution in [0.15, 0.2) is 48.5 Å². The number of hydrogen-bond acceptors (Lipinski definition) is 3. The van der Waals surface area contributed by atoms with Crippen LogP contribution in [-0.4, -0.2) is 18.6 Å². The van der Waals surface area contributed by atoms with Crippen LogP contribution in [0.1, 0.15) is 22.7 Å². The number of ether oxygens (including phenoxy) is 1. The molecule has 2 unspecified atom stereocenters. The van der Waals surface area contributed by atoms with Gasteiger partial charge in [-0.25, -0.2) is 0 Å². The number of amides is 1. The number of nitrogens with one attached hydrogen (secondary N) is 2. The summed E-state index contributed by atoms with van der Waals surface area (Å²) in [6.45, 7) is 1.25. The maximum atomic E-state index is 12.5. The number of benzene rings is 2. The molecule has 1 amide bonds. The highest BCUT2D eigenvalue weighted by Crippen LogP contribution is 2.31. The summed E-state index contributed by atoms with van der Waals surface area (Å²) in [4.78, 5) is 12.5. The number of fused-ring (bicyclic) bond motifs is 2. The van der Waals surface area contributed by atoms with Crippen molar-refractivity contribution in [2.75, 3.05) is 6.61 Å². The van der Waals surface area contributed by atoms with Crippen molar-refractivity contribution in [2.45, 2.75) is 25.0 Å². The smallest absolute Gasteiger partial charge is 0.238 e. The fourth-order valence-electron chi connectivity index (χ4n) is 3.19. The molecule has 0 aliphatic carbocycles. The Kier molecular flexibility index (Phi) is 3.31. The first kappa shape index (κ1) is 13.3. The highest BCUT2D eigenvalue weighted by molar-refractivity contribution is 5.83. The molecule has 4 nitrogen and oxygen atoms in total. The molecule has 112 valence electrons. The molecule has 0 saturated heterocycles. The molecule has 4 heteroatoms. The first-order valence-electron chi connectivity index (χ1n) is 7.63. The van der Waals surface area contributed by atoms with Gasteiger partial charge in [-0.2, -0.15) is 0 Å². The first-order chi connectivity index (χ1) is 10.8. The molecule has 0 bridgehead atoms. The normalized spacial score (nSPS) is 22.4. The van der Waals surface area contributed by atoms with Crippen molar-refractivity contribution in [1.29, 1.82) is 0 Å². The van der Waals surface area contributed by atoms with Gasteiger partial charge in [-0.15, -0.1) is 0 Å². The van der Waals surface area contributed by atoms with Gasteiger partial charge in [0.25, 0.3) is 0 Å². The predicted octanol–water partition coefficient (Wildman–Crippen LogP) is 1.95. The van der Waals surface area contributed by atoms with E-state index in [1.54, 1.807) is 0 Å². The molecule has 0 saturated carbocycles. The van der Waals surface area contributed by atoms with Crippen LogP contribution in [0.4, 0.5) is 0 Å². The lowest BCUT2D eigenvalue weighted by Crippen LogP contribution is -2.48. The molecular formula is C18H18N2O2. The van der Waals surface area contributed by atoms with E-state index in [4.69, 9.17) is 4.74 Å². The summed E-state index contributed by atoms with van der Waals surface area (Å²) >= 11 is 0. The zero-order valence-corrected chi connectivity index (χ0v) is 12.2. The molecule has 4 rings (SSSR count). The zero-order valence-electron chi connectivity index (χ0n) is 12.2. The van der Waals surface area contributed by atoms with Crippen LogP contribution in [0.2, 0.25) is 0 Å². The second kappa shape index (κ2) is 5.46. The highest BCUT2D eigenvalue weighted by atomic mass is 16.5. The van der Waals surface area contributed by atoms with Crippen LogP contribution in [0.25, 0.3) is 0 Å². The second-order valence-corrected chi connectivity index (χ2v) is 5.82. The van der Waals surface area contributed by atoms with Crippen LogP contribution in [0.5, 0.6) is 5.75 Å². The van der Waals surface area contributed by atoms with E-state index >= 15 is 0 Å². The maximum Gasteiger partial charge on any atom is 0.238 e. The third-order valence-corrected chi connectivity index (χ3v) is 4.41. The Morgan fingerprint density at radius 2 is 1.86 bits per heavy atom. The zero-order chi connectivity index (χ0) is 14.9. The predicted molar refractivity (Wildman–Crippen MR) is 83.6 cm³/mol. The van der Waals surface area contributed by atoms with E-state index in [0.29, 0.717) is 6.61 Å². The highest BCUT2D eigenvalue weighted by Gasteiger charge is 2.29. The second-order valence-electron chi connectivity index (χ2n) is 5.82. The van der Waals surface area contributed by atoms with E-state index in [1.807, 2.05) is 36.4 Å². The fourth-order valence-corrected chi connectivity index (χ4v) is 3.19. The van der Waals surface area contributed by atoms with Crippen molar-refractivity contribution in [3.63, 3.8) is 0 Å². The van der Waals surface area contributed by atoms with Gasteiger partial charge in [0.2, 0.25) is 5.91 Å². The summed E-state index contributed by atoms with van der Waals surface area (Å²) in [5, 5.41) is 6.43. The quantitative estimate of drug-likeness (QED) is 0.890. The van der Waals surface area contributed by atoms with Crippen molar-refractivity contribution in [2.24, 2.45) is 0 Å². The summed E-state index contributed by atoms with van der Waals surface area (Å²) in [5.41, 5.74) is 3.60. The number of carbonyl (C=O) groups is 1. The molecule has 0 fully saturated rings. The lowest BCUT2D eigenvalue weighted by Gasteiger charge is -2.26. The van der Waals surface area contributed by atoms with Gasteiger partial charge in [0.15, 0.2) is 0 Å². The third-order valence-electron chi connectivity index (χ3n) is 4.41. The molecular weight excluding hydrogens is 276 g/mol. The molecule has 2 heterocycles. The van der Waals surface area contributed by atoms with Crippen molar-refractivity contribution in [3.8, 4) is 5.75 Å². The average Bonchev–Trinajstić information content (AvgIpc) is 2.97. The molecule has 2 aromatic rings. The Bertz CT molecular complexity index is 714. The van der Waals surface area contributed by atoms with Gasteiger partial charge < -0.3 is 15.4 Å². The monoisotopic (exact) mass is 294 g/mol. The summed E-state index contributed by atoms with van der Waals surface area (Å²) in [5.74, 6) is 0.912. The molecule has 2 aliphatic rings. The SMILES string of the molecule is O=C(NC1COc2ccccc21)C1Cc2ccccc2CN1. The van der Waals surface area contributed by atoms with Gasteiger partial charge in [0, 0.05) is 12.1 Å². The van der Waals surface area contributed by atoms with Crippen LogP contribution < -0.4 is 15.4 Å². The molecule has 0 radical (unpaired) electrons. The minimum absolute atomic E-state index is 0.0415. The number of hydrogen-bond donors (Lipinski definition) is 2. The van der Waals surface area contributed by atoms with Gasteiger partial charge in [0.1, 0.15) is 12.4 Å². The maximum absolute atomic E-state index is 12.5. The van der Waals surface area contributed by atoms with Gasteiger partial charge in [-0.1, -0.05) is 42.5 Å². The van der Waals surface area contributed by atoms with Crippen LogP contribution in [-0.2, 0) is 17.8 Å². The molecule has 2 aromatic carbocycles. The Labute approximate surface area is 129 Å². The molecule has 22 heavy (non-hydrogen) atoms. The van der Waals surface area contributed by atoms with Crippen molar-refractivity contribution < 1.29 is 9.53 Å². The summed E-state index contributed by atoms with van der Waals surface area (Å²) in [7, 11) is 0. The molecule has 2 aliphatic heterocycles. The Balaban J connectivity index is 1.46. The van der Waals surface area contributed by atoms with Crippen LogP contribution in [0, 0.1) is 0 Å². The lowest BCUT2D eigenvalue weighted by atomic mass is 9.95. The molecule has 2 N–H and O–H groups in total. The van der Waals surface area contributed by atoms with Crippen LogP contribution in [0.3, 0.4) is 0 Å². The third kappa shape index (κ3) is 2.35. The minimum atomic E-state index is -0.178. The van der Waals surface area contributed by atoms with Gasteiger partial charge in [-0.3, -0.25) is 4.79 Å². The van der Waals surface area contributed by atoms with Crippen molar-refractivity contribution in [3.05, 3.63) is 65.2 Å². The van der Waals surface area contributed by atoms with E-state index < -0.39 is 0 Å². The largest absolute Gasteiger partial charge is 0.491 e. The summed E-state index contributed by atoms with van der Waals surface area (Å²) in [6, 6.07) is 15.9. The first-order valence-corrected chi connectivity index (χ1v) is 7.63. The van der Waals surface area contributed by atoms with Gasteiger partial charge in [-0.05, 0) is 23.6 Å². The number of para-hydroxylation sites is 1. The Hall–Kier alpha value is -2.33. The van der Waals surface area contributed by atoms with Gasteiger partial charge in [0.05, 0.1) is 12.1 Å². The Morgan fingerprint density at radius 1 is 1.09 bits per heavy atom. The topological polar surface area (TPSA) is 50.4 Å². The van der Waals surface area contributed by atoms with Crippen LogP contribution >= 0.6 is 0 Å².